The number of ether oxygens (including phenoxy) is 1. The van der Waals surface area contributed by atoms with Gasteiger partial charge in [0, 0.05) is 25.5 Å². The van der Waals surface area contributed by atoms with Gasteiger partial charge in [0.25, 0.3) is 5.91 Å². The maximum absolute atomic E-state index is 12.9. The Balaban J connectivity index is 1.96. The van der Waals surface area contributed by atoms with Gasteiger partial charge < -0.3 is 14.1 Å². The normalized spacial score (nSPS) is 18.0. The van der Waals surface area contributed by atoms with E-state index in [0.717, 1.165) is 6.42 Å². The van der Waals surface area contributed by atoms with Crippen LogP contribution >= 0.6 is 0 Å². The van der Waals surface area contributed by atoms with Crippen LogP contribution in [0.1, 0.15) is 35.0 Å². The summed E-state index contributed by atoms with van der Waals surface area (Å²) >= 11 is 0. The molecule has 1 aliphatic heterocycles. The number of carbonyl (C=O) groups excluding carboxylic acids is 1. The summed E-state index contributed by atoms with van der Waals surface area (Å²) in [5.74, 6) is 0.691. The van der Waals surface area contributed by atoms with E-state index in [1.165, 1.54) is 0 Å². The van der Waals surface area contributed by atoms with Crippen LogP contribution in [0.25, 0.3) is 5.88 Å². The summed E-state index contributed by atoms with van der Waals surface area (Å²) in [6.07, 6.45) is 4.48. The molecule has 23 heavy (non-hydrogen) atoms. The van der Waals surface area contributed by atoms with Gasteiger partial charge in [0.15, 0.2) is 0 Å². The number of nitriles is 1. The van der Waals surface area contributed by atoms with Gasteiger partial charge in [-0.2, -0.15) is 5.26 Å². The van der Waals surface area contributed by atoms with Crippen LogP contribution in [0.15, 0.2) is 28.9 Å². The highest BCUT2D eigenvalue weighted by atomic mass is 16.5. The molecule has 0 aliphatic carbocycles. The van der Waals surface area contributed by atoms with E-state index in [4.69, 9.17) is 9.15 Å². The Morgan fingerprint density at radius 3 is 2.83 bits per heavy atom. The van der Waals surface area contributed by atoms with Crippen LogP contribution in [0.3, 0.4) is 0 Å². The van der Waals surface area contributed by atoms with E-state index < -0.39 is 0 Å². The number of carbonyl (C=O) groups is 1. The first-order chi connectivity index (χ1) is 11.2. The molecule has 1 aliphatic rings. The molecule has 1 amide bonds. The van der Waals surface area contributed by atoms with Gasteiger partial charge in [-0.15, -0.1) is 0 Å². The van der Waals surface area contributed by atoms with Crippen molar-refractivity contribution in [1.82, 2.24) is 9.47 Å². The Hall–Kier alpha value is -2.52. The van der Waals surface area contributed by atoms with Crippen LogP contribution in [0.4, 0.5) is 0 Å². The van der Waals surface area contributed by atoms with Crippen LogP contribution in [0.2, 0.25) is 0 Å². The SMILES string of the molecule is CC[C@@H]1CN(C(=O)c2c(C)oc(-n3cccc3)c2C#N)CCO1. The number of amides is 1. The van der Waals surface area contributed by atoms with Gasteiger partial charge in [-0.05, 0) is 25.5 Å². The van der Waals surface area contributed by atoms with Crippen LogP contribution < -0.4 is 0 Å². The fourth-order valence-corrected chi connectivity index (χ4v) is 2.85. The number of hydrogen-bond donors (Lipinski definition) is 0. The fourth-order valence-electron chi connectivity index (χ4n) is 2.85. The van der Waals surface area contributed by atoms with Crippen molar-refractivity contribution in [2.75, 3.05) is 19.7 Å². The fraction of sp³-hybridized carbons (Fsp3) is 0.412. The zero-order valence-corrected chi connectivity index (χ0v) is 13.3. The van der Waals surface area contributed by atoms with Gasteiger partial charge in [0.2, 0.25) is 5.88 Å². The lowest BCUT2D eigenvalue weighted by Gasteiger charge is -2.32. The maximum Gasteiger partial charge on any atom is 0.259 e. The first-order valence-corrected chi connectivity index (χ1v) is 7.73. The monoisotopic (exact) mass is 313 g/mol. The molecule has 1 saturated heterocycles. The molecule has 0 unspecified atom stereocenters. The predicted octanol–water partition coefficient (Wildman–Crippen LogP) is 2.50. The maximum atomic E-state index is 12.9. The molecule has 0 spiro atoms. The standard InChI is InChI=1S/C17H19N3O3/c1-3-13-11-20(8-9-22-13)16(21)15-12(2)23-17(14(15)10-18)19-6-4-5-7-19/h4-7,13H,3,8-9,11H2,1-2H3/t13-/m1/s1. The molecule has 0 N–H and O–H groups in total. The molecule has 6 nitrogen and oxygen atoms in total. The number of aryl methyl sites for hydroxylation is 1. The van der Waals surface area contributed by atoms with Gasteiger partial charge in [-0.3, -0.25) is 9.36 Å². The van der Waals surface area contributed by atoms with E-state index in [-0.39, 0.29) is 17.6 Å². The van der Waals surface area contributed by atoms with Gasteiger partial charge in [-0.25, -0.2) is 0 Å². The number of hydrogen-bond acceptors (Lipinski definition) is 4. The van der Waals surface area contributed by atoms with E-state index in [1.54, 1.807) is 28.8 Å². The molecule has 120 valence electrons. The van der Waals surface area contributed by atoms with Crippen molar-refractivity contribution in [3.63, 3.8) is 0 Å². The number of aromatic nitrogens is 1. The summed E-state index contributed by atoms with van der Waals surface area (Å²) in [5.41, 5.74) is 0.635. The first kappa shape index (κ1) is 15.4. The third-order valence-electron chi connectivity index (χ3n) is 4.11. The Morgan fingerprint density at radius 2 is 2.17 bits per heavy atom. The molecule has 6 heteroatoms. The molecule has 3 heterocycles. The summed E-state index contributed by atoms with van der Waals surface area (Å²) in [7, 11) is 0. The summed E-state index contributed by atoms with van der Waals surface area (Å²) in [4.78, 5) is 14.6. The molecule has 1 fully saturated rings. The molecular weight excluding hydrogens is 294 g/mol. The summed E-state index contributed by atoms with van der Waals surface area (Å²) in [6, 6.07) is 5.81. The number of morpholine rings is 1. The number of nitrogens with zero attached hydrogens (tertiary/aromatic N) is 3. The number of rotatable bonds is 3. The van der Waals surface area contributed by atoms with Gasteiger partial charge >= 0.3 is 0 Å². The zero-order chi connectivity index (χ0) is 16.4. The van der Waals surface area contributed by atoms with Crippen molar-refractivity contribution in [2.45, 2.75) is 26.4 Å². The van der Waals surface area contributed by atoms with Crippen LogP contribution in [0.5, 0.6) is 0 Å². The largest absolute Gasteiger partial charge is 0.443 e. The lowest BCUT2D eigenvalue weighted by atomic mass is 10.1. The van der Waals surface area contributed by atoms with Gasteiger partial charge in [0.05, 0.1) is 12.7 Å². The van der Waals surface area contributed by atoms with Crippen molar-refractivity contribution >= 4 is 5.91 Å². The summed E-state index contributed by atoms with van der Waals surface area (Å²) in [5, 5.41) is 9.54. The Morgan fingerprint density at radius 1 is 1.43 bits per heavy atom. The average Bonchev–Trinajstić information content (AvgIpc) is 3.21. The average molecular weight is 313 g/mol. The second-order valence-corrected chi connectivity index (χ2v) is 5.57. The highest BCUT2D eigenvalue weighted by Gasteiger charge is 2.30. The third kappa shape index (κ3) is 2.76. The minimum Gasteiger partial charge on any atom is -0.443 e. The topological polar surface area (TPSA) is 71.4 Å². The number of furan rings is 1. The molecule has 0 bridgehead atoms. The molecule has 3 rings (SSSR count). The highest BCUT2D eigenvalue weighted by molar-refractivity contribution is 5.98. The lowest BCUT2D eigenvalue weighted by molar-refractivity contribution is -0.0226. The minimum atomic E-state index is -0.164. The van der Waals surface area contributed by atoms with Crippen molar-refractivity contribution in [3.05, 3.63) is 41.4 Å². The smallest absolute Gasteiger partial charge is 0.259 e. The van der Waals surface area contributed by atoms with Crippen LogP contribution in [-0.4, -0.2) is 41.2 Å². The van der Waals surface area contributed by atoms with Crippen LogP contribution in [0, 0.1) is 18.3 Å². The molecule has 0 aromatic carbocycles. The van der Waals surface area contributed by atoms with E-state index in [2.05, 4.69) is 6.07 Å². The lowest BCUT2D eigenvalue weighted by Crippen LogP contribution is -2.45. The van der Waals surface area contributed by atoms with E-state index in [1.807, 2.05) is 19.1 Å². The highest BCUT2D eigenvalue weighted by Crippen LogP contribution is 2.27. The molecule has 1 atom stereocenters. The van der Waals surface area contributed by atoms with E-state index >= 15 is 0 Å². The minimum absolute atomic E-state index is 0.0503. The van der Waals surface area contributed by atoms with E-state index in [9.17, 15) is 10.1 Å². The summed E-state index contributed by atoms with van der Waals surface area (Å²) in [6.45, 7) is 5.35. The van der Waals surface area contributed by atoms with Gasteiger partial charge in [0.1, 0.15) is 23.0 Å². The second kappa shape index (κ2) is 6.31. The molecule has 2 aromatic heterocycles. The molecular formula is C17H19N3O3. The first-order valence-electron chi connectivity index (χ1n) is 7.73. The van der Waals surface area contributed by atoms with Crippen molar-refractivity contribution in [2.24, 2.45) is 0 Å². The Labute approximate surface area is 134 Å². The third-order valence-corrected chi connectivity index (χ3v) is 4.11. The van der Waals surface area contributed by atoms with Crippen molar-refractivity contribution in [3.8, 4) is 12.0 Å². The molecule has 2 aromatic rings. The van der Waals surface area contributed by atoms with Crippen LogP contribution in [-0.2, 0) is 4.74 Å². The van der Waals surface area contributed by atoms with E-state index in [0.29, 0.717) is 36.9 Å². The summed E-state index contributed by atoms with van der Waals surface area (Å²) < 4.78 is 13.0. The van der Waals surface area contributed by atoms with Gasteiger partial charge in [-0.1, -0.05) is 6.92 Å². The second-order valence-electron chi connectivity index (χ2n) is 5.57. The quantitative estimate of drug-likeness (QED) is 0.873. The van der Waals surface area contributed by atoms with Crippen molar-refractivity contribution < 1.29 is 13.9 Å². The zero-order valence-electron chi connectivity index (χ0n) is 13.3. The predicted molar refractivity (Wildman–Crippen MR) is 83.4 cm³/mol. The Kier molecular flexibility index (Phi) is 4.22. The van der Waals surface area contributed by atoms with Crippen molar-refractivity contribution in [1.29, 1.82) is 5.26 Å². The molecule has 0 radical (unpaired) electrons. The molecule has 0 saturated carbocycles. The Bertz CT molecular complexity index is 740.